The van der Waals surface area contributed by atoms with Crippen LogP contribution in [0.2, 0.25) is 0 Å². The van der Waals surface area contributed by atoms with Crippen LogP contribution >= 0.6 is 13.4 Å². The van der Waals surface area contributed by atoms with Crippen molar-refractivity contribution < 1.29 is 23.9 Å². The predicted molar refractivity (Wildman–Crippen MR) is 97.1 cm³/mol. The number of hydrogen-bond donors (Lipinski definition) is 4. The summed E-state index contributed by atoms with van der Waals surface area (Å²) in [5, 5.41) is 0. The van der Waals surface area contributed by atoms with E-state index in [1.807, 2.05) is 0 Å². The quantitative estimate of drug-likeness (QED) is 0.542. The van der Waals surface area contributed by atoms with Crippen molar-refractivity contribution in [2.75, 3.05) is 0 Å². The van der Waals surface area contributed by atoms with Crippen molar-refractivity contribution >= 4 is 35.3 Å². The van der Waals surface area contributed by atoms with E-state index >= 15 is 0 Å². The average molecular weight is 400 g/mol. The zero-order valence-electron chi connectivity index (χ0n) is 13.1. The van der Waals surface area contributed by atoms with Crippen LogP contribution in [0, 0.1) is 11.8 Å². The Labute approximate surface area is 144 Å². The van der Waals surface area contributed by atoms with Crippen LogP contribution in [0.5, 0.6) is 0 Å². The van der Waals surface area contributed by atoms with Crippen LogP contribution in [0.25, 0.3) is 0 Å². The number of rotatable bonds is 4. The summed E-state index contributed by atoms with van der Waals surface area (Å²) in [7, 11) is -0.725. The van der Waals surface area contributed by atoms with E-state index < -0.39 is 23.5 Å². The lowest BCUT2D eigenvalue weighted by atomic mass is 9.99. The summed E-state index contributed by atoms with van der Waals surface area (Å²) < 4.78 is 4.95. The summed E-state index contributed by atoms with van der Waals surface area (Å²) in [6.45, 7) is -8.00. The zero-order valence-corrected chi connectivity index (χ0v) is 16.6. The Hall–Kier alpha value is 1.23. The van der Waals surface area contributed by atoms with Crippen molar-refractivity contribution in [2.24, 2.45) is 11.8 Å². The Kier molecular flexibility index (Phi) is 4.30. The molecule has 23 heavy (non-hydrogen) atoms. The molecule has 134 valence electrons. The van der Waals surface area contributed by atoms with Gasteiger partial charge < -0.3 is 19.6 Å². The van der Waals surface area contributed by atoms with Gasteiger partial charge in [-0.15, -0.1) is 10.1 Å². The van der Waals surface area contributed by atoms with Gasteiger partial charge >= 0.3 is 6.72 Å². The SMILES string of the molecule is OP(O)(=S)OP(O)(O)=S(C12CCC(CC1)C2)C12CCC(CC1)C2. The lowest BCUT2D eigenvalue weighted by molar-refractivity contribution is 0.317. The van der Waals surface area contributed by atoms with Crippen LogP contribution in [0.4, 0.5) is 0 Å². The summed E-state index contributed by atoms with van der Waals surface area (Å²) in [6.07, 6.45) is 10.9. The molecule has 0 aromatic heterocycles. The minimum Gasteiger partial charge on any atom is -0.328 e. The van der Waals surface area contributed by atoms with Crippen molar-refractivity contribution in [1.29, 1.82) is 0 Å². The highest BCUT2D eigenvalue weighted by Gasteiger charge is 2.59. The molecule has 0 heterocycles. The van der Waals surface area contributed by atoms with E-state index in [2.05, 4.69) is 11.8 Å². The number of hydrogen-bond acceptors (Lipinski definition) is 2. The zero-order chi connectivity index (χ0) is 16.5. The molecule has 0 amide bonds. The molecular weight excluding hydrogens is 374 g/mol. The molecule has 5 nitrogen and oxygen atoms in total. The molecule has 0 aromatic rings. The van der Waals surface area contributed by atoms with E-state index in [-0.39, 0.29) is 9.49 Å². The second-order valence-electron chi connectivity index (χ2n) is 8.01. The summed E-state index contributed by atoms with van der Waals surface area (Å²) in [6, 6.07) is 0. The van der Waals surface area contributed by atoms with Crippen LogP contribution in [-0.4, -0.2) is 29.1 Å². The topological polar surface area (TPSA) is 90.2 Å². The summed E-state index contributed by atoms with van der Waals surface area (Å²) >= 11 is 4.58. The first-order chi connectivity index (χ1) is 10.6. The van der Waals surface area contributed by atoms with E-state index in [1.165, 1.54) is 0 Å². The Morgan fingerprint density at radius 3 is 1.48 bits per heavy atom. The Bertz CT molecular complexity index is 577. The molecule has 4 aliphatic carbocycles. The highest BCUT2D eigenvalue weighted by Crippen LogP contribution is 2.69. The first-order valence-corrected chi connectivity index (χ1v) is 14.6. The maximum absolute atomic E-state index is 11.0. The van der Waals surface area contributed by atoms with Crippen LogP contribution < -0.4 is 0 Å². The molecule has 4 saturated carbocycles. The maximum Gasteiger partial charge on any atom is 0.328 e. The number of fused-ring (bicyclic) bond motifs is 4. The van der Waals surface area contributed by atoms with E-state index in [0.717, 1.165) is 64.2 Å². The average Bonchev–Trinajstić information content (AvgIpc) is 3.14. The van der Waals surface area contributed by atoms with Crippen molar-refractivity contribution in [3.05, 3.63) is 0 Å². The molecule has 0 saturated heterocycles. The third-order valence-electron chi connectivity index (χ3n) is 6.63. The fourth-order valence-corrected chi connectivity index (χ4v) is 18.5. The molecule has 9 heteroatoms. The second-order valence-corrected chi connectivity index (χ2v) is 16.9. The second kappa shape index (κ2) is 5.61. The van der Waals surface area contributed by atoms with Gasteiger partial charge in [0.05, 0.1) is 0 Å². The van der Waals surface area contributed by atoms with Crippen LogP contribution in [0.1, 0.15) is 64.2 Å². The highest BCUT2D eigenvalue weighted by molar-refractivity contribution is 8.30. The Morgan fingerprint density at radius 2 is 1.22 bits per heavy atom. The van der Waals surface area contributed by atoms with E-state index in [9.17, 15) is 19.6 Å². The molecule has 4 fully saturated rings. The standard InChI is InChI=1S/C14H26O5P2S2/c15-20(16,22)19-21(17,18)23(13-5-1-11(9-13)2-6-13)14-7-3-12(10-14)4-8-14/h11-12,17-18H,1-10H2,(H2,15,16,22). The van der Waals surface area contributed by atoms with Crippen molar-refractivity contribution in [3.8, 4) is 0 Å². The summed E-state index contributed by atoms with van der Waals surface area (Å²) in [4.78, 5) is 41.1. The van der Waals surface area contributed by atoms with E-state index in [4.69, 9.17) is 4.31 Å². The molecule has 0 radical (unpaired) electrons. The fourth-order valence-electron chi connectivity index (χ4n) is 5.96. The minimum atomic E-state index is -4.09. The molecule has 4 rings (SSSR count). The summed E-state index contributed by atoms with van der Waals surface area (Å²) in [5.41, 5.74) is 0. The minimum absolute atomic E-state index is 0.0638. The molecule has 4 N–H and O–H groups in total. The van der Waals surface area contributed by atoms with Crippen molar-refractivity contribution in [3.63, 3.8) is 0 Å². The van der Waals surface area contributed by atoms with Gasteiger partial charge in [-0.1, -0.05) is 0 Å². The van der Waals surface area contributed by atoms with E-state index in [1.54, 1.807) is 0 Å². The van der Waals surface area contributed by atoms with Gasteiger partial charge in [0.2, 0.25) is 0 Å². The first kappa shape index (κ1) is 17.6. The molecule has 0 unspecified atom stereocenters. The smallest absolute Gasteiger partial charge is 0.328 e. The van der Waals surface area contributed by atoms with Gasteiger partial charge in [-0.25, -0.2) is 4.31 Å². The fraction of sp³-hybridized carbons (Fsp3) is 1.00. The lowest BCUT2D eigenvalue weighted by Gasteiger charge is -2.44. The third kappa shape index (κ3) is 2.98. The van der Waals surface area contributed by atoms with E-state index in [0.29, 0.717) is 11.8 Å². The van der Waals surface area contributed by atoms with Crippen molar-refractivity contribution in [1.82, 2.24) is 0 Å². The third-order valence-corrected chi connectivity index (χ3v) is 16.5. The highest BCUT2D eigenvalue weighted by atomic mass is 32.5. The van der Waals surface area contributed by atoms with Crippen LogP contribution in [0.3, 0.4) is 0 Å². The van der Waals surface area contributed by atoms with Gasteiger partial charge in [0.1, 0.15) is 0 Å². The molecule has 0 aromatic carbocycles. The van der Waals surface area contributed by atoms with Gasteiger partial charge in [0.15, 0.2) is 0 Å². The molecule has 0 atom stereocenters. The van der Waals surface area contributed by atoms with Gasteiger partial charge in [-0.3, -0.25) is 0 Å². The van der Waals surface area contributed by atoms with Gasteiger partial charge in [0.25, 0.3) is 6.72 Å². The summed E-state index contributed by atoms with van der Waals surface area (Å²) in [5.74, 6) is 1.40. The van der Waals surface area contributed by atoms with Gasteiger partial charge in [-0.2, -0.15) is 0 Å². The molecule has 0 aliphatic heterocycles. The molecule has 0 spiro atoms. The normalized spacial score (nSPS) is 44.2. The molecule has 4 bridgehead atoms. The first-order valence-electron chi connectivity index (χ1n) is 8.51. The Morgan fingerprint density at radius 1 is 0.826 bits per heavy atom. The Balaban J connectivity index is 1.86. The largest absolute Gasteiger partial charge is 0.328 e. The lowest BCUT2D eigenvalue weighted by Crippen LogP contribution is -2.43. The molecule has 4 aliphatic rings. The maximum atomic E-state index is 11.0. The monoisotopic (exact) mass is 400 g/mol. The van der Waals surface area contributed by atoms with Gasteiger partial charge in [0, 0.05) is 9.49 Å². The van der Waals surface area contributed by atoms with Crippen LogP contribution in [-0.2, 0) is 26.2 Å². The molecular formula is C14H26O5P2S2. The predicted octanol–water partition coefficient (Wildman–Crippen LogP) is 3.16. The van der Waals surface area contributed by atoms with Crippen LogP contribution in [0.15, 0.2) is 0 Å². The van der Waals surface area contributed by atoms with Crippen molar-refractivity contribution in [2.45, 2.75) is 73.7 Å². The van der Waals surface area contributed by atoms with Gasteiger partial charge in [-0.05, 0) is 87.9 Å².